The van der Waals surface area contributed by atoms with Crippen molar-refractivity contribution in [3.8, 4) is 0 Å². The molecule has 0 bridgehead atoms. The van der Waals surface area contributed by atoms with E-state index < -0.39 is 11.7 Å². The zero-order valence-electron chi connectivity index (χ0n) is 9.93. The van der Waals surface area contributed by atoms with Crippen LogP contribution in [0, 0.1) is 0 Å². The van der Waals surface area contributed by atoms with Gasteiger partial charge in [-0.25, -0.2) is 0 Å². The molecule has 3 N–H and O–H groups in total. The molecule has 2 aromatic rings. The summed E-state index contributed by atoms with van der Waals surface area (Å²) in [5, 5.41) is 3.10. The van der Waals surface area contributed by atoms with E-state index in [1.54, 1.807) is 12.1 Å². The van der Waals surface area contributed by atoms with Gasteiger partial charge < -0.3 is 11.1 Å². The van der Waals surface area contributed by atoms with Crippen LogP contribution in [0.25, 0.3) is 0 Å². The molecule has 0 amide bonds. The van der Waals surface area contributed by atoms with Gasteiger partial charge in [-0.3, -0.25) is 0 Å². The van der Waals surface area contributed by atoms with Crippen LogP contribution in [0.3, 0.4) is 0 Å². The molecule has 2 aromatic carbocycles. The van der Waals surface area contributed by atoms with Crippen molar-refractivity contribution in [1.82, 2.24) is 0 Å². The standard InChI is InChI=1S/C13H9BrClF3N2/c14-10-3-2-8(6-11(10)15)20-12-4-1-7(19)5-9(12)13(16,17)18/h1-6,20H,19H2. The molecule has 0 aliphatic heterocycles. The van der Waals surface area contributed by atoms with E-state index in [0.717, 1.165) is 6.07 Å². The fourth-order valence-corrected chi connectivity index (χ4v) is 2.06. The maximum atomic E-state index is 12.9. The predicted molar refractivity (Wildman–Crippen MR) is 78.3 cm³/mol. The Bertz CT molecular complexity index is 644. The maximum absolute atomic E-state index is 12.9. The Kier molecular flexibility index (Phi) is 4.15. The van der Waals surface area contributed by atoms with Gasteiger partial charge in [-0.1, -0.05) is 11.6 Å². The van der Waals surface area contributed by atoms with Crippen LogP contribution in [0.15, 0.2) is 40.9 Å². The van der Waals surface area contributed by atoms with E-state index in [1.807, 2.05) is 0 Å². The Morgan fingerprint density at radius 3 is 2.40 bits per heavy atom. The molecule has 0 saturated heterocycles. The molecule has 0 fully saturated rings. The average Bonchev–Trinajstić information content (AvgIpc) is 2.35. The lowest BCUT2D eigenvalue weighted by Crippen LogP contribution is -2.09. The van der Waals surface area contributed by atoms with Crippen molar-refractivity contribution in [2.75, 3.05) is 11.1 Å². The molecule has 0 aliphatic rings. The number of nitrogens with one attached hydrogen (secondary N) is 1. The van der Waals surface area contributed by atoms with Gasteiger partial charge in [0.1, 0.15) is 0 Å². The number of rotatable bonds is 2. The van der Waals surface area contributed by atoms with Gasteiger partial charge in [-0.05, 0) is 52.3 Å². The zero-order chi connectivity index (χ0) is 14.9. The van der Waals surface area contributed by atoms with E-state index in [9.17, 15) is 13.2 Å². The monoisotopic (exact) mass is 364 g/mol. The first-order chi connectivity index (χ1) is 9.27. The number of benzene rings is 2. The minimum Gasteiger partial charge on any atom is -0.399 e. The van der Waals surface area contributed by atoms with Crippen molar-refractivity contribution in [2.24, 2.45) is 0 Å². The summed E-state index contributed by atoms with van der Waals surface area (Å²) in [5.41, 5.74) is 5.01. The van der Waals surface area contributed by atoms with Crippen LogP contribution in [0.5, 0.6) is 0 Å². The summed E-state index contributed by atoms with van der Waals surface area (Å²) in [6.45, 7) is 0. The molecule has 2 nitrogen and oxygen atoms in total. The molecule has 0 aliphatic carbocycles. The Morgan fingerprint density at radius 2 is 1.80 bits per heavy atom. The van der Waals surface area contributed by atoms with E-state index in [0.29, 0.717) is 15.2 Å². The van der Waals surface area contributed by atoms with E-state index in [4.69, 9.17) is 17.3 Å². The highest BCUT2D eigenvalue weighted by molar-refractivity contribution is 9.10. The van der Waals surface area contributed by atoms with Crippen molar-refractivity contribution in [3.63, 3.8) is 0 Å². The van der Waals surface area contributed by atoms with Gasteiger partial charge in [0.25, 0.3) is 0 Å². The van der Waals surface area contributed by atoms with Crippen molar-refractivity contribution < 1.29 is 13.2 Å². The number of anilines is 3. The number of alkyl halides is 3. The lowest BCUT2D eigenvalue weighted by atomic mass is 10.1. The average molecular weight is 366 g/mol. The normalized spacial score (nSPS) is 11.4. The first kappa shape index (κ1) is 15.0. The zero-order valence-corrected chi connectivity index (χ0v) is 12.3. The molecule has 0 saturated carbocycles. The minimum atomic E-state index is -4.49. The van der Waals surface area contributed by atoms with E-state index in [-0.39, 0.29) is 11.4 Å². The van der Waals surface area contributed by atoms with Gasteiger partial charge >= 0.3 is 6.18 Å². The lowest BCUT2D eigenvalue weighted by Gasteiger charge is -2.15. The second-order valence-corrected chi connectivity index (χ2v) is 5.32. The third kappa shape index (κ3) is 3.37. The lowest BCUT2D eigenvalue weighted by molar-refractivity contribution is -0.136. The summed E-state index contributed by atoms with van der Waals surface area (Å²) in [5.74, 6) is 0. The van der Waals surface area contributed by atoms with Crippen LogP contribution in [-0.4, -0.2) is 0 Å². The molecular weight excluding hydrogens is 357 g/mol. The Labute approximate surface area is 126 Å². The molecule has 0 spiro atoms. The molecule has 0 heterocycles. The van der Waals surface area contributed by atoms with Crippen LogP contribution in [0.4, 0.5) is 30.2 Å². The van der Waals surface area contributed by atoms with Gasteiger partial charge in [-0.2, -0.15) is 13.2 Å². The van der Waals surface area contributed by atoms with Crippen LogP contribution >= 0.6 is 27.5 Å². The quantitative estimate of drug-likeness (QED) is 0.695. The number of hydrogen-bond donors (Lipinski definition) is 2. The van der Waals surface area contributed by atoms with Gasteiger partial charge in [0.2, 0.25) is 0 Å². The molecule has 0 unspecified atom stereocenters. The molecular formula is C13H9BrClF3N2. The number of nitrogens with two attached hydrogens (primary N) is 1. The second-order valence-electron chi connectivity index (χ2n) is 4.06. The highest BCUT2D eigenvalue weighted by Gasteiger charge is 2.33. The van der Waals surface area contributed by atoms with Crippen molar-refractivity contribution in [2.45, 2.75) is 6.18 Å². The summed E-state index contributed by atoms with van der Waals surface area (Å²) in [7, 11) is 0. The van der Waals surface area contributed by atoms with Crippen molar-refractivity contribution in [1.29, 1.82) is 0 Å². The first-order valence-corrected chi connectivity index (χ1v) is 6.63. The molecule has 0 atom stereocenters. The fraction of sp³-hybridized carbons (Fsp3) is 0.0769. The Balaban J connectivity index is 2.40. The van der Waals surface area contributed by atoms with E-state index >= 15 is 0 Å². The van der Waals surface area contributed by atoms with Crippen LogP contribution in [-0.2, 0) is 6.18 Å². The predicted octanol–water partition coefficient (Wildman–Crippen LogP) is 5.45. The first-order valence-electron chi connectivity index (χ1n) is 5.46. The molecule has 20 heavy (non-hydrogen) atoms. The van der Waals surface area contributed by atoms with Gasteiger partial charge in [0, 0.05) is 15.8 Å². The molecule has 2 rings (SSSR count). The largest absolute Gasteiger partial charge is 0.418 e. The van der Waals surface area contributed by atoms with Gasteiger partial charge in [-0.15, -0.1) is 0 Å². The summed E-state index contributed by atoms with van der Waals surface area (Å²) in [6.07, 6.45) is -4.49. The SMILES string of the molecule is Nc1ccc(Nc2ccc(Br)c(Cl)c2)c(C(F)(F)F)c1. The topological polar surface area (TPSA) is 38.0 Å². The molecule has 0 radical (unpaired) electrons. The van der Waals surface area contributed by atoms with Crippen LogP contribution < -0.4 is 11.1 Å². The summed E-state index contributed by atoms with van der Waals surface area (Å²) in [6, 6.07) is 8.37. The smallest absolute Gasteiger partial charge is 0.399 e. The third-order valence-corrected chi connectivity index (χ3v) is 3.78. The Morgan fingerprint density at radius 1 is 1.10 bits per heavy atom. The minimum absolute atomic E-state index is 0.0525. The Hall–Kier alpha value is -1.40. The number of nitrogen functional groups attached to an aromatic ring is 1. The van der Waals surface area contributed by atoms with Gasteiger partial charge in [0.15, 0.2) is 0 Å². The van der Waals surface area contributed by atoms with Crippen molar-refractivity contribution >= 4 is 44.6 Å². The van der Waals surface area contributed by atoms with E-state index in [2.05, 4.69) is 21.2 Å². The molecule has 0 aromatic heterocycles. The number of halogens is 5. The highest BCUT2D eigenvalue weighted by atomic mass is 79.9. The van der Waals surface area contributed by atoms with Crippen LogP contribution in [0.1, 0.15) is 5.56 Å². The summed E-state index contributed by atoms with van der Waals surface area (Å²) >= 11 is 9.12. The van der Waals surface area contributed by atoms with Gasteiger partial charge in [0.05, 0.1) is 16.3 Å². The van der Waals surface area contributed by atoms with E-state index in [1.165, 1.54) is 18.2 Å². The maximum Gasteiger partial charge on any atom is 0.418 e. The third-order valence-electron chi connectivity index (χ3n) is 2.55. The summed E-state index contributed by atoms with van der Waals surface area (Å²) < 4.78 is 39.5. The fourth-order valence-electron chi connectivity index (χ4n) is 1.63. The molecule has 106 valence electrons. The molecule has 7 heteroatoms. The van der Waals surface area contributed by atoms with Crippen LogP contribution in [0.2, 0.25) is 5.02 Å². The highest BCUT2D eigenvalue weighted by Crippen LogP contribution is 2.37. The summed E-state index contributed by atoms with van der Waals surface area (Å²) in [4.78, 5) is 0. The number of hydrogen-bond acceptors (Lipinski definition) is 2. The van der Waals surface area contributed by atoms with Crippen molar-refractivity contribution in [3.05, 3.63) is 51.5 Å². The second kappa shape index (κ2) is 5.54.